The van der Waals surface area contributed by atoms with E-state index in [0.29, 0.717) is 24.2 Å². The average molecular weight is 606 g/mol. The molecule has 1 saturated carbocycles. The molecule has 4 aliphatic rings. The summed E-state index contributed by atoms with van der Waals surface area (Å²) in [5.74, 6) is -4.02. The molecule has 230 valence electrons. The van der Waals surface area contributed by atoms with Crippen LogP contribution >= 0.6 is 0 Å². The van der Waals surface area contributed by atoms with Crippen molar-refractivity contribution in [3.8, 4) is 5.69 Å². The van der Waals surface area contributed by atoms with Gasteiger partial charge in [0.25, 0.3) is 11.8 Å². The number of imide groups is 1. The number of piperidine rings is 1. The Morgan fingerprint density at radius 3 is 2.51 bits per heavy atom. The first-order valence-electron chi connectivity index (χ1n) is 13.8. The van der Waals surface area contributed by atoms with Crippen molar-refractivity contribution in [2.24, 2.45) is 0 Å². The fourth-order valence-corrected chi connectivity index (χ4v) is 6.36. The van der Waals surface area contributed by atoms with E-state index in [1.165, 1.54) is 35.3 Å². The summed E-state index contributed by atoms with van der Waals surface area (Å²) < 4.78 is 33.2. The van der Waals surface area contributed by atoms with Crippen molar-refractivity contribution in [1.29, 1.82) is 0 Å². The quantitative estimate of drug-likeness (QED) is 0.437. The number of carboxylic acid groups (broad SMARTS) is 1. The van der Waals surface area contributed by atoms with Gasteiger partial charge in [-0.25, -0.2) is 9.48 Å². The summed E-state index contributed by atoms with van der Waals surface area (Å²) in [6, 6.07) is 4.76. The molecule has 3 aliphatic heterocycles. The summed E-state index contributed by atoms with van der Waals surface area (Å²) >= 11 is 0. The number of nitrogens with zero attached hydrogens (tertiary/aromatic N) is 5. The van der Waals surface area contributed by atoms with E-state index in [1.54, 1.807) is 12.3 Å². The van der Waals surface area contributed by atoms with E-state index in [-0.39, 0.29) is 41.4 Å². The number of aromatic nitrogens is 3. The predicted octanol–water partition coefficient (Wildman–Crippen LogP) is 1.41. The van der Waals surface area contributed by atoms with Crippen LogP contribution in [0.2, 0.25) is 0 Å². The number of fused-ring (bicyclic) bond motifs is 1. The Morgan fingerprint density at radius 2 is 1.86 bits per heavy atom. The van der Waals surface area contributed by atoms with Gasteiger partial charge in [0.05, 0.1) is 11.9 Å². The summed E-state index contributed by atoms with van der Waals surface area (Å²) in [6.45, 7) is 1.14. The van der Waals surface area contributed by atoms with Gasteiger partial charge in [0.15, 0.2) is 5.69 Å². The van der Waals surface area contributed by atoms with Gasteiger partial charge in [-0.05, 0) is 50.4 Å². The zero-order chi connectivity index (χ0) is 31.1. The highest BCUT2D eigenvalue weighted by atomic mass is 19.4. The summed E-state index contributed by atoms with van der Waals surface area (Å²) in [5.41, 5.74) is 2.33. The molecule has 1 aliphatic carbocycles. The van der Waals surface area contributed by atoms with Crippen LogP contribution in [0, 0.1) is 0 Å². The fraction of sp³-hybridized carbons (Fsp3) is 0.519. The maximum Gasteiger partial charge on any atom is 0.490 e. The van der Waals surface area contributed by atoms with E-state index in [9.17, 15) is 32.3 Å². The van der Waals surface area contributed by atoms with Crippen molar-refractivity contribution in [3.63, 3.8) is 0 Å². The molecule has 0 bridgehead atoms. The van der Waals surface area contributed by atoms with Gasteiger partial charge in [-0.2, -0.15) is 13.2 Å². The van der Waals surface area contributed by atoms with E-state index < -0.39 is 24.1 Å². The standard InChI is InChI=1S/C25H29N7O4.C2HF3O2/c1-30-13-16(11-25(30)8-2-3-9-25)26-22(34)19-14-32(29-28-19)17-5-4-15-12-31(24(36)18(15)10-17)20-6-7-21(33)27-23(20)35;3-2(4,5)1(6)7/h4-5,10,14,16,20H,2-3,6-9,11-13H2,1H3,(H,26,34)(H,27,33,35);(H,6,7). The number of benzene rings is 1. The van der Waals surface area contributed by atoms with Crippen LogP contribution < -0.4 is 10.6 Å². The number of carbonyl (C=O) groups excluding carboxylic acids is 4. The lowest BCUT2D eigenvalue weighted by molar-refractivity contribution is -0.192. The van der Waals surface area contributed by atoms with Gasteiger partial charge in [-0.15, -0.1) is 5.10 Å². The normalized spacial score (nSPS) is 23.2. The molecule has 4 heterocycles. The highest BCUT2D eigenvalue weighted by Gasteiger charge is 2.45. The van der Waals surface area contributed by atoms with Crippen LogP contribution in [-0.2, 0) is 20.9 Å². The number of nitrogens with one attached hydrogen (secondary N) is 2. The molecule has 1 spiro atoms. The van der Waals surface area contributed by atoms with Gasteiger partial charge < -0.3 is 15.3 Å². The van der Waals surface area contributed by atoms with Crippen molar-refractivity contribution < 1.29 is 42.3 Å². The van der Waals surface area contributed by atoms with Crippen LogP contribution in [0.25, 0.3) is 5.69 Å². The number of carbonyl (C=O) groups is 5. The summed E-state index contributed by atoms with van der Waals surface area (Å²) in [6.07, 6.45) is 2.83. The SMILES string of the molecule is CN1CC(NC(=O)c2cn(-c3ccc4c(c3)C(=O)N(C3CCC(=O)NC3=O)C4)nn2)CC12CCCC2.O=C(O)C(F)(F)F. The molecule has 1 aromatic heterocycles. The van der Waals surface area contributed by atoms with E-state index >= 15 is 0 Å². The average Bonchev–Trinajstić information content (AvgIpc) is 3.73. The molecule has 13 nitrogen and oxygen atoms in total. The lowest BCUT2D eigenvalue weighted by atomic mass is 9.93. The molecule has 43 heavy (non-hydrogen) atoms. The number of hydrogen-bond donors (Lipinski definition) is 3. The van der Waals surface area contributed by atoms with Gasteiger partial charge in [-0.3, -0.25) is 29.4 Å². The van der Waals surface area contributed by atoms with Crippen molar-refractivity contribution >= 4 is 29.6 Å². The Morgan fingerprint density at radius 1 is 1.16 bits per heavy atom. The molecule has 2 saturated heterocycles. The molecule has 3 fully saturated rings. The number of alkyl halides is 3. The number of halogens is 3. The fourth-order valence-electron chi connectivity index (χ4n) is 6.36. The number of aliphatic carboxylic acids is 1. The summed E-state index contributed by atoms with van der Waals surface area (Å²) in [7, 11) is 2.14. The van der Waals surface area contributed by atoms with E-state index in [2.05, 4.69) is 32.9 Å². The van der Waals surface area contributed by atoms with Crippen LogP contribution in [0.1, 0.15) is 71.4 Å². The molecule has 3 N–H and O–H groups in total. The lowest BCUT2D eigenvalue weighted by Gasteiger charge is -2.31. The third kappa shape index (κ3) is 6.09. The number of hydrogen-bond acceptors (Lipinski definition) is 8. The Labute approximate surface area is 243 Å². The molecule has 4 amide bonds. The minimum Gasteiger partial charge on any atom is -0.475 e. The van der Waals surface area contributed by atoms with E-state index in [4.69, 9.17) is 9.90 Å². The van der Waals surface area contributed by atoms with E-state index in [1.807, 2.05) is 12.1 Å². The van der Waals surface area contributed by atoms with Gasteiger partial charge in [0.2, 0.25) is 11.8 Å². The lowest BCUT2D eigenvalue weighted by Crippen LogP contribution is -2.52. The van der Waals surface area contributed by atoms with Crippen LogP contribution in [0.4, 0.5) is 13.2 Å². The zero-order valence-corrected chi connectivity index (χ0v) is 23.2. The third-order valence-electron chi connectivity index (χ3n) is 8.54. The third-order valence-corrected chi connectivity index (χ3v) is 8.54. The van der Waals surface area contributed by atoms with Crippen LogP contribution in [0.15, 0.2) is 24.4 Å². The first-order chi connectivity index (χ1) is 20.3. The first kappa shape index (κ1) is 30.1. The Kier molecular flexibility index (Phi) is 7.98. The first-order valence-corrected chi connectivity index (χ1v) is 13.8. The van der Waals surface area contributed by atoms with Crippen molar-refractivity contribution in [1.82, 2.24) is 35.4 Å². The molecule has 1 aromatic carbocycles. The molecule has 2 atom stereocenters. The van der Waals surface area contributed by atoms with Gasteiger partial charge >= 0.3 is 12.1 Å². The number of carboxylic acids is 1. The Bertz CT molecular complexity index is 1470. The van der Waals surface area contributed by atoms with Crippen LogP contribution in [-0.4, -0.2) is 96.9 Å². The van der Waals surface area contributed by atoms with Crippen LogP contribution in [0.5, 0.6) is 0 Å². The predicted molar refractivity (Wildman–Crippen MR) is 141 cm³/mol. The topological polar surface area (TPSA) is 167 Å². The van der Waals surface area contributed by atoms with Gasteiger partial charge in [0, 0.05) is 36.7 Å². The molecule has 6 rings (SSSR count). The van der Waals surface area contributed by atoms with Crippen molar-refractivity contribution in [2.45, 2.75) is 75.3 Å². The number of likely N-dealkylation sites (tertiary alicyclic amines) is 1. The number of amides is 4. The van der Waals surface area contributed by atoms with E-state index in [0.717, 1.165) is 18.5 Å². The maximum absolute atomic E-state index is 13.1. The minimum absolute atomic E-state index is 0.0848. The molecule has 2 aromatic rings. The second kappa shape index (κ2) is 11.4. The smallest absolute Gasteiger partial charge is 0.475 e. The molecule has 2 unspecified atom stereocenters. The monoisotopic (exact) mass is 605 g/mol. The highest BCUT2D eigenvalue weighted by Crippen LogP contribution is 2.42. The van der Waals surface area contributed by atoms with Crippen LogP contribution in [0.3, 0.4) is 0 Å². The molecule has 0 radical (unpaired) electrons. The highest BCUT2D eigenvalue weighted by molar-refractivity contribution is 6.05. The second-order valence-electron chi connectivity index (χ2n) is 11.3. The van der Waals surface area contributed by atoms with Crippen molar-refractivity contribution in [3.05, 3.63) is 41.2 Å². The van der Waals surface area contributed by atoms with Gasteiger partial charge in [0.1, 0.15) is 6.04 Å². The number of likely N-dealkylation sites (N-methyl/N-ethyl adjacent to an activating group) is 1. The molecule has 16 heteroatoms. The maximum atomic E-state index is 13.1. The van der Waals surface area contributed by atoms with Crippen molar-refractivity contribution in [2.75, 3.05) is 13.6 Å². The zero-order valence-electron chi connectivity index (χ0n) is 23.2. The Balaban J connectivity index is 0.000000472. The Hall–Kier alpha value is -4.34. The minimum atomic E-state index is -5.08. The number of rotatable bonds is 4. The molecular weight excluding hydrogens is 575 g/mol. The second-order valence-corrected chi connectivity index (χ2v) is 11.3. The largest absolute Gasteiger partial charge is 0.490 e. The summed E-state index contributed by atoms with van der Waals surface area (Å²) in [4.78, 5) is 62.5. The molecular formula is C27H30F3N7O6. The van der Waals surface area contributed by atoms with Gasteiger partial charge in [-0.1, -0.05) is 24.1 Å². The summed E-state index contributed by atoms with van der Waals surface area (Å²) in [5, 5.41) is 20.7.